The Morgan fingerprint density at radius 1 is 1.33 bits per heavy atom. The maximum Gasteiger partial charge on any atom is 0.255 e. The van der Waals surface area contributed by atoms with Gasteiger partial charge in [-0.1, -0.05) is 6.07 Å². The minimum absolute atomic E-state index is 0.123. The second-order valence-corrected chi connectivity index (χ2v) is 6.54. The number of ether oxygens (including phenoxy) is 1. The summed E-state index contributed by atoms with van der Waals surface area (Å²) < 4.78 is 5.12. The molecule has 7 nitrogen and oxygen atoms in total. The lowest BCUT2D eigenvalue weighted by atomic mass is 10.1. The molecular weight excluding hydrogens is 344 g/mol. The first kappa shape index (κ1) is 17.2. The fourth-order valence-corrected chi connectivity index (χ4v) is 3.30. The summed E-state index contributed by atoms with van der Waals surface area (Å²) in [6.45, 7) is 1.82. The van der Waals surface area contributed by atoms with E-state index in [0.29, 0.717) is 36.6 Å². The first-order valence-electron chi connectivity index (χ1n) is 8.75. The molecule has 0 amide bonds. The third kappa shape index (κ3) is 3.54. The van der Waals surface area contributed by atoms with Crippen molar-refractivity contribution < 1.29 is 9.84 Å². The standard InChI is InChI=1S/C20H20N4O3/c1-27-15-5-4-14(18(25)9-15)11-24-8-6-17-16(12-24)20(26)23-19(22-17)13-3-2-7-21-10-13/h2-5,7,9-10,25H,6,8,11-12H2,1H3,(H,22,23,26). The summed E-state index contributed by atoms with van der Waals surface area (Å²) >= 11 is 0. The first-order chi connectivity index (χ1) is 13.1. The van der Waals surface area contributed by atoms with Crippen LogP contribution in [0.2, 0.25) is 0 Å². The number of methoxy groups -OCH3 is 1. The molecule has 0 unspecified atom stereocenters. The van der Waals surface area contributed by atoms with Crippen molar-refractivity contribution in [1.29, 1.82) is 0 Å². The molecule has 2 aromatic heterocycles. The number of nitrogens with one attached hydrogen (secondary N) is 1. The van der Waals surface area contributed by atoms with Gasteiger partial charge in [0.25, 0.3) is 5.56 Å². The van der Waals surface area contributed by atoms with Crippen molar-refractivity contribution in [3.8, 4) is 22.9 Å². The van der Waals surface area contributed by atoms with E-state index in [2.05, 4.69) is 19.9 Å². The average Bonchev–Trinajstić information content (AvgIpc) is 2.70. The monoisotopic (exact) mass is 364 g/mol. The van der Waals surface area contributed by atoms with Crippen LogP contribution in [0.1, 0.15) is 16.8 Å². The smallest absolute Gasteiger partial charge is 0.255 e. The maximum absolute atomic E-state index is 12.6. The van der Waals surface area contributed by atoms with Crippen LogP contribution in [0.25, 0.3) is 11.4 Å². The quantitative estimate of drug-likeness (QED) is 0.737. The second kappa shape index (κ2) is 7.20. The normalized spacial score (nSPS) is 14.0. The number of aromatic nitrogens is 3. The highest BCUT2D eigenvalue weighted by atomic mass is 16.5. The summed E-state index contributed by atoms with van der Waals surface area (Å²) in [6, 6.07) is 8.96. The Balaban J connectivity index is 1.56. The molecule has 0 bridgehead atoms. The summed E-state index contributed by atoms with van der Waals surface area (Å²) in [5.74, 6) is 1.36. The minimum atomic E-state index is -0.123. The van der Waals surface area contributed by atoms with Crippen molar-refractivity contribution in [3.63, 3.8) is 0 Å². The fraction of sp³-hybridized carbons (Fsp3) is 0.250. The molecule has 7 heteroatoms. The van der Waals surface area contributed by atoms with Crippen molar-refractivity contribution in [3.05, 3.63) is 69.9 Å². The molecule has 4 rings (SSSR count). The van der Waals surface area contributed by atoms with Gasteiger partial charge < -0.3 is 14.8 Å². The van der Waals surface area contributed by atoms with Gasteiger partial charge in [0.05, 0.1) is 18.4 Å². The predicted molar refractivity (Wildman–Crippen MR) is 101 cm³/mol. The van der Waals surface area contributed by atoms with Gasteiger partial charge in [-0.25, -0.2) is 4.98 Å². The molecule has 0 saturated heterocycles. The van der Waals surface area contributed by atoms with Crippen molar-refractivity contribution in [2.45, 2.75) is 19.5 Å². The Morgan fingerprint density at radius 3 is 2.96 bits per heavy atom. The number of phenolic OH excluding ortho intramolecular Hbond substituents is 1. The Hall–Kier alpha value is -3.19. The van der Waals surface area contributed by atoms with Crippen molar-refractivity contribution in [2.75, 3.05) is 13.7 Å². The molecule has 0 radical (unpaired) electrons. The number of fused-ring (bicyclic) bond motifs is 1. The van der Waals surface area contributed by atoms with Crippen LogP contribution in [0.3, 0.4) is 0 Å². The number of hydrogen-bond donors (Lipinski definition) is 2. The number of aromatic amines is 1. The van der Waals surface area contributed by atoms with Crippen LogP contribution in [0.15, 0.2) is 47.5 Å². The lowest BCUT2D eigenvalue weighted by molar-refractivity contribution is 0.238. The number of rotatable bonds is 4. The average molecular weight is 364 g/mol. The van der Waals surface area contributed by atoms with E-state index in [0.717, 1.165) is 23.4 Å². The van der Waals surface area contributed by atoms with Gasteiger partial charge in [-0.2, -0.15) is 0 Å². The Kier molecular flexibility index (Phi) is 4.60. The molecular formula is C20H20N4O3. The Labute approximate surface area is 156 Å². The van der Waals surface area contributed by atoms with Crippen molar-refractivity contribution >= 4 is 0 Å². The number of nitrogens with zero attached hydrogens (tertiary/aromatic N) is 3. The Bertz CT molecular complexity index is 1020. The SMILES string of the molecule is COc1ccc(CN2CCc3nc(-c4cccnc4)[nH]c(=O)c3C2)c(O)c1. The molecule has 0 spiro atoms. The molecule has 1 aliphatic rings. The highest BCUT2D eigenvalue weighted by Crippen LogP contribution is 2.26. The van der Waals surface area contributed by atoms with Crippen molar-refractivity contribution in [2.24, 2.45) is 0 Å². The molecule has 0 saturated carbocycles. The molecule has 27 heavy (non-hydrogen) atoms. The van der Waals surface area contributed by atoms with Crippen LogP contribution in [0.4, 0.5) is 0 Å². The number of H-pyrrole nitrogens is 1. The van der Waals surface area contributed by atoms with Gasteiger partial charge in [0.15, 0.2) is 0 Å². The van der Waals surface area contributed by atoms with Gasteiger partial charge in [-0.15, -0.1) is 0 Å². The van der Waals surface area contributed by atoms with Crippen molar-refractivity contribution in [1.82, 2.24) is 19.9 Å². The van der Waals surface area contributed by atoms with E-state index >= 15 is 0 Å². The van der Waals surface area contributed by atoms with Crippen LogP contribution in [-0.4, -0.2) is 38.6 Å². The lowest BCUT2D eigenvalue weighted by Crippen LogP contribution is -2.35. The zero-order valence-electron chi connectivity index (χ0n) is 15.0. The van der Waals surface area contributed by atoms with E-state index in [9.17, 15) is 9.90 Å². The molecule has 3 heterocycles. The Morgan fingerprint density at radius 2 is 2.22 bits per heavy atom. The topological polar surface area (TPSA) is 91.3 Å². The van der Waals surface area contributed by atoms with Gasteiger partial charge >= 0.3 is 0 Å². The summed E-state index contributed by atoms with van der Waals surface area (Å²) in [7, 11) is 1.56. The predicted octanol–water partition coefficient (Wildman–Crippen LogP) is 2.10. The lowest BCUT2D eigenvalue weighted by Gasteiger charge is -2.28. The van der Waals surface area contributed by atoms with E-state index in [1.807, 2.05) is 24.3 Å². The highest BCUT2D eigenvalue weighted by molar-refractivity contribution is 5.53. The van der Waals surface area contributed by atoms with E-state index in [1.165, 1.54) is 0 Å². The van der Waals surface area contributed by atoms with Gasteiger partial charge in [-0.3, -0.25) is 14.7 Å². The van der Waals surface area contributed by atoms with Crippen LogP contribution in [0, 0.1) is 0 Å². The summed E-state index contributed by atoms with van der Waals surface area (Å²) in [4.78, 5) is 26.3. The van der Waals surface area contributed by atoms with Crippen LogP contribution in [0.5, 0.6) is 11.5 Å². The summed E-state index contributed by atoms with van der Waals surface area (Å²) in [5.41, 5.74) is 2.98. The van der Waals surface area contributed by atoms with Crippen LogP contribution >= 0.6 is 0 Å². The molecule has 138 valence electrons. The molecule has 1 aromatic carbocycles. The molecule has 0 atom stereocenters. The molecule has 0 aliphatic carbocycles. The van der Waals surface area contributed by atoms with Gasteiger partial charge in [-0.05, 0) is 18.2 Å². The number of pyridine rings is 1. The minimum Gasteiger partial charge on any atom is -0.507 e. The third-order valence-corrected chi connectivity index (χ3v) is 4.77. The number of benzene rings is 1. The van der Waals surface area contributed by atoms with Gasteiger partial charge in [0.2, 0.25) is 0 Å². The van der Waals surface area contributed by atoms with Crippen LogP contribution in [-0.2, 0) is 19.5 Å². The van der Waals surface area contributed by atoms with Gasteiger partial charge in [0, 0.05) is 55.6 Å². The zero-order chi connectivity index (χ0) is 18.8. The maximum atomic E-state index is 12.6. The number of hydrogen-bond acceptors (Lipinski definition) is 6. The number of aromatic hydroxyl groups is 1. The van der Waals surface area contributed by atoms with Gasteiger partial charge in [0.1, 0.15) is 17.3 Å². The summed E-state index contributed by atoms with van der Waals surface area (Å²) in [6.07, 6.45) is 4.06. The molecule has 0 fully saturated rings. The molecule has 1 aliphatic heterocycles. The fourth-order valence-electron chi connectivity index (χ4n) is 3.30. The van der Waals surface area contributed by atoms with E-state index < -0.39 is 0 Å². The number of phenols is 1. The van der Waals surface area contributed by atoms with E-state index in [-0.39, 0.29) is 11.3 Å². The van der Waals surface area contributed by atoms with Crippen LogP contribution < -0.4 is 10.3 Å². The summed E-state index contributed by atoms with van der Waals surface area (Å²) in [5, 5.41) is 10.2. The zero-order valence-corrected chi connectivity index (χ0v) is 15.0. The molecule has 3 aromatic rings. The van der Waals surface area contributed by atoms with E-state index in [1.54, 1.807) is 25.6 Å². The van der Waals surface area contributed by atoms with E-state index in [4.69, 9.17) is 4.74 Å². The highest BCUT2D eigenvalue weighted by Gasteiger charge is 2.22. The molecule has 2 N–H and O–H groups in total. The first-order valence-corrected chi connectivity index (χ1v) is 8.75. The third-order valence-electron chi connectivity index (χ3n) is 4.77. The second-order valence-electron chi connectivity index (χ2n) is 6.54. The largest absolute Gasteiger partial charge is 0.507 e.